The Balaban J connectivity index is 0.00000135. The van der Waals surface area contributed by atoms with Crippen molar-refractivity contribution in [3.05, 3.63) is 177 Å². The number of cyclic esters (lactones) is 1. The SMILES string of the molecule is C=C(NC(=O)C(=C)NC(=O)c1csc(C2=NC3c4csc(n4)C4NC(=O)c5csc(n5)C(C(C)(O)C(C)O)NC(=O)C5CSC(=N5)/C(=C\C)NC(=O)C(C(C)O)NC(=O)c5csc(n5)C3(CC2)NC(=O)C(C)NC(=O)C(=C)NC(=O)C(C)NC(=O)C(C(C)C)NC2C=Cc3c(C(C)O)cc(nc3C2O)C(=O)OC4C)n1)C(N)=O.CCc1cc(C(N)=S)ccn1. The highest BCUT2D eigenvalue weighted by Gasteiger charge is 2.51. The quantitative estimate of drug-likeness (QED) is 0.0444. The standard InChI is InChI=1S/C71H83N19O18S5.C8H10N2S/c1-14-37-64-83-44(22-109-64)61(103)89-52(70(13,107)34(12)93)67-85-43(23-112-67)59(101)88-48-33(11)108-68(106)40-19-36(31(9)91)35-15-16-38(50(94)49(35)79-40)78-46(25(2)3)62(104)77-29(7)56(98)74-27(5)55(97)75-30(8)57(99)90-71(69-86-45(24-113-69)60(102)87-47(32(10)92)63(105)81-37)18-17-39(80-51(71)41-20-111-66(48)82-41)65-84-42(21-110-65)58(100)76-28(6)54(96)73-26(4)53(72)95;1-2-7-5-6(8(9)11)3-4-10-7/h14-16,19-21,23-25,29-34,38,44,46-48,50-52,78,91-94,107H,4-6,17-18,22H2,1-3,7-13H3,(H2,72,95)(H,73,96)(H,74,98)(H,75,97)(H,76,100)(H,77,104)(H,81,105)(H,87,102)(H,88,101)(H,89,103)(H,90,99);3-5H,2H2,1H3,(H2,9,11)/b37-14+;. The number of aliphatic imine (C=N–C) groups is 2. The summed E-state index contributed by atoms with van der Waals surface area (Å²) in [5.41, 5.74) is 5.55. The lowest BCUT2D eigenvalue weighted by atomic mass is 9.80. The van der Waals surface area contributed by atoms with Crippen LogP contribution in [0.2, 0.25) is 0 Å². The van der Waals surface area contributed by atoms with Crippen LogP contribution in [0.5, 0.6) is 0 Å². The Morgan fingerprint density at radius 1 is 0.766 bits per heavy atom. The molecule has 5 aliphatic rings. The van der Waals surface area contributed by atoms with E-state index in [1.807, 2.05) is 19.1 Å². The first-order valence-corrected chi connectivity index (χ1v) is 43.5. The highest BCUT2D eigenvalue weighted by Crippen LogP contribution is 2.48. The third kappa shape index (κ3) is 21.6. The Kier molecular flexibility index (Phi) is 30.6. The van der Waals surface area contributed by atoms with E-state index in [0.717, 1.165) is 74.8 Å². The summed E-state index contributed by atoms with van der Waals surface area (Å²) < 4.78 is 6.25. The Bertz CT molecular complexity index is 5420. The fourth-order valence-electron chi connectivity index (χ4n) is 13.0. The number of hydrogen-bond donors (Lipinski definition) is 18. The number of hydrogen-bond acceptors (Lipinski definition) is 33. The van der Waals surface area contributed by atoms with Crippen LogP contribution in [0.25, 0.3) is 6.08 Å². The van der Waals surface area contributed by atoms with Gasteiger partial charge in [-0.1, -0.05) is 71.0 Å². The Morgan fingerprint density at radius 3 is 2.11 bits per heavy atom. The summed E-state index contributed by atoms with van der Waals surface area (Å²) >= 11 is 9.24. The number of nitrogens with zero attached hydrogens (tertiary/aromatic N) is 8. The van der Waals surface area contributed by atoms with E-state index in [-0.39, 0.29) is 94.7 Å². The van der Waals surface area contributed by atoms with Crippen molar-refractivity contribution < 1.29 is 87.8 Å². The van der Waals surface area contributed by atoms with Gasteiger partial charge < -0.3 is 94.9 Å². The minimum Gasteiger partial charge on any atom is -0.455 e. The van der Waals surface area contributed by atoms with Gasteiger partial charge in [-0.3, -0.25) is 73.0 Å². The number of fused-ring (bicyclic) bond motifs is 7. The van der Waals surface area contributed by atoms with Crippen molar-refractivity contribution in [1.82, 2.24) is 88.4 Å². The van der Waals surface area contributed by atoms with Gasteiger partial charge in [0.15, 0.2) is 0 Å². The lowest BCUT2D eigenvalue weighted by Crippen LogP contribution is -2.57. The molecule has 11 amide bonds. The highest BCUT2D eigenvalue weighted by molar-refractivity contribution is 8.14. The Labute approximate surface area is 735 Å². The summed E-state index contributed by atoms with van der Waals surface area (Å²) in [6, 6.07) is -7.85. The second kappa shape index (κ2) is 40.0. The minimum atomic E-state index is -2.21. The predicted octanol–water partition coefficient (Wildman–Crippen LogP) is 1.66. The number of thiazole rings is 4. The molecule has 39 nitrogen and oxygen atoms in total. The third-order valence-corrected chi connectivity index (χ3v) is 25.5. The van der Waals surface area contributed by atoms with Gasteiger partial charge in [0.25, 0.3) is 35.4 Å². The molecule has 6 aromatic rings. The Morgan fingerprint density at radius 2 is 1.45 bits per heavy atom. The van der Waals surface area contributed by atoms with Crippen molar-refractivity contribution >= 4 is 162 Å². The molecule has 13 bridgehead atoms. The van der Waals surface area contributed by atoms with Gasteiger partial charge in [0.1, 0.15) is 118 Å². The molecule has 0 radical (unpaired) electrons. The number of esters is 1. The normalized spacial score (nSPS) is 25.2. The molecule has 11 rings (SSSR count). The van der Waals surface area contributed by atoms with Crippen molar-refractivity contribution in [2.45, 2.75) is 191 Å². The number of aromatic nitrogens is 6. The number of nitrogens with one attached hydrogen (secondary N) is 11. The minimum absolute atomic E-state index is 0.0159. The number of rotatable bonds is 13. The molecular weight excluding hydrogens is 1720 g/mol. The molecule has 0 aromatic carbocycles. The van der Waals surface area contributed by atoms with Crippen LogP contribution in [0.3, 0.4) is 0 Å². The first-order chi connectivity index (χ1) is 58.4. The molecule has 1 aliphatic carbocycles. The van der Waals surface area contributed by atoms with Crippen LogP contribution in [0, 0.1) is 5.92 Å². The van der Waals surface area contributed by atoms with E-state index in [1.165, 1.54) is 94.3 Å². The zero-order chi connectivity index (χ0) is 91.0. The molecule has 6 aromatic heterocycles. The second-order valence-corrected chi connectivity index (χ2v) is 34.9. The maximum Gasteiger partial charge on any atom is 0.357 e. The number of thioether (sulfide) groups is 1. The summed E-state index contributed by atoms with van der Waals surface area (Å²) in [5.74, 6) is -12.3. The molecule has 4 aliphatic heterocycles. The number of primary amides is 1. The van der Waals surface area contributed by atoms with Crippen LogP contribution in [-0.2, 0) is 55.1 Å². The van der Waals surface area contributed by atoms with Gasteiger partial charge >= 0.3 is 5.97 Å². The van der Waals surface area contributed by atoms with E-state index >= 15 is 14.4 Å². The number of nitrogens with two attached hydrogens (primary N) is 2. The summed E-state index contributed by atoms with van der Waals surface area (Å²) in [4.78, 5) is 208. The number of allylic oxidation sites excluding steroid dienone is 1. The number of carbonyl (C=O) groups is 12. The molecule has 0 spiro atoms. The van der Waals surface area contributed by atoms with Crippen LogP contribution in [0.4, 0.5) is 0 Å². The van der Waals surface area contributed by atoms with E-state index < -0.39 is 196 Å². The van der Waals surface area contributed by atoms with Crippen LogP contribution in [0.1, 0.15) is 215 Å². The van der Waals surface area contributed by atoms with Crippen LogP contribution >= 0.6 is 69.3 Å². The van der Waals surface area contributed by atoms with Gasteiger partial charge in [0, 0.05) is 50.3 Å². The number of amides is 11. The largest absolute Gasteiger partial charge is 0.455 e. The van der Waals surface area contributed by atoms with Crippen LogP contribution in [0.15, 0.2) is 111 Å². The first-order valence-electron chi connectivity index (χ1n) is 38.6. The molecule has 658 valence electrons. The maximum absolute atomic E-state index is 15.4. The number of thiocarbonyl (C=S) groups is 1. The van der Waals surface area contributed by atoms with Gasteiger partial charge in [0.05, 0.1) is 70.3 Å². The van der Waals surface area contributed by atoms with E-state index in [4.69, 9.17) is 43.4 Å². The summed E-state index contributed by atoms with van der Waals surface area (Å²) in [6.07, 6.45) is -0.962. The number of aliphatic hydroxyl groups excluding tert-OH is 4. The van der Waals surface area contributed by atoms with Gasteiger partial charge in [0.2, 0.25) is 29.5 Å². The highest BCUT2D eigenvalue weighted by atomic mass is 32.2. The number of ether oxygens (including phenoxy) is 1. The maximum atomic E-state index is 15.4. The zero-order valence-corrected chi connectivity index (χ0v) is 73.6. The summed E-state index contributed by atoms with van der Waals surface area (Å²) in [5, 5.41) is 92.0. The average Bonchev–Trinajstić information content (AvgIpc) is 1.40. The lowest BCUT2D eigenvalue weighted by Gasteiger charge is -2.41. The summed E-state index contributed by atoms with van der Waals surface area (Å²) in [7, 11) is 0. The van der Waals surface area contributed by atoms with E-state index in [9.17, 15) is 68.7 Å². The molecule has 10 heterocycles. The van der Waals surface area contributed by atoms with E-state index in [2.05, 4.69) is 103 Å². The monoisotopic (exact) mass is 1820 g/mol. The molecule has 16 unspecified atom stereocenters. The fraction of sp³-hybridized carbons (Fsp3) is 0.405. The van der Waals surface area contributed by atoms with Gasteiger partial charge in [-0.15, -0.1) is 57.1 Å². The molecule has 0 fully saturated rings. The van der Waals surface area contributed by atoms with Crippen molar-refractivity contribution in [1.29, 1.82) is 0 Å². The molecule has 16 atom stereocenters. The second-order valence-electron chi connectivity index (χ2n) is 29.9. The number of carbonyl (C=O) groups excluding carboxylic acids is 12. The lowest BCUT2D eigenvalue weighted by molar-refractivity contribution is -0.131. The van der Waals surface area contributed by atoms with E-state index in [1.54, 1.807) is 27.0 Å². The van der Waals surface area contributed by atoms with Gasteiger partial charge in [-0.25, -0.2) is 29.7 Å². The number of pyridine rings is 2. The van der Waals surface area contributed by atoms with Crippen LogP contribution < -0.4 is 70.0 Å². The van der Waals surface area contributed by atoms with Crippen molar-refractivity contribution in [2.24, 2.45) is 27.4 Å². The fourth-order valence-corrected chi connectivity index (χ4v) is 18.0. The zero-order valence-electron chi connectivity index (χ0n) is 68.7. The van der Waals surface area contributed by atoms with Gasteiger partial charge in [-0.05, 0) is 104 Å². The Hall–Kier alpha value is -11.5. The molecule has 124 heavy (non-hydrogen) atoms. The summed E-state index contributed by atoms with van der Waals surface area (Å²) in [6.45, 7) is 26.8. The molecular formula is C79H93N21O18S6. The number of aryl methyl sites for hydroxylation is 1. The van der Waals surface area contributed by atoms with Gasteiger partial charge in [-0.2, -0.15) is 0 Å². The van der Waals surface area contributed by atoms with E-state index in [0.29, 0.717) is 4.99 Å². The van der Waals surface area contributed by atoms with Crippen molar-refractivity contribution in [2.75, 3.05) is 5.75 Å². The predicted molar refractivity (Wildman–Crippen MR) is 463 cm³/mol. The molecule has 0 saturated heterocycles. The molecule has 45 heteroatoms. The first kappa shape index (κ1) is 94.7. The topological polar surface area (TPSA) is 602 Å². The van der Waals surface area contributed by atoms with Crippen molar-refractivity contribution in [3.8, 4) is 0 Å². The van der Waals surface area contributed by atoms with Crippen molar-refractivity contribution in [3.63, 3.8) is 0 Å². The average molecular weight is 1820 g/mol. The third-order valence-electron chi connectivity index (χ3n) is 20.4. The number of aliphatic hydroxyl groups is 5. The molecule has 0 saturated carbocycles. The molecule has 20 N–H and O–H groups in total. The van der Waals surface area contributed by atoms with Crippen LogP contribution in [-0.4, -0.2) is 208 Å². The smallest absolute Gasteiger partial charge is 0.357 e.